The average molecular weight is 507 g/mol. The standard InChI is InChI=1S/C30H34O7/c1-30(31-2)36-28-27(34-20-24-16-10-5-11-17-24)26(33-19-23-14-8-4-9-15-23)25(35-29(28)37-30)21-32-18-22-12-6-3-7-13-22/h3-17,25-29H,18-21H2,1-2H3/t25?,26-,27?,28-,29+,30?/m0/s1. The Morgan fingerprint density at radius 1 is 0.676 bits per heavy atom. The maximum atomic E-state index is 6.50. The van der Waals surface area contributed by atoms with E-state index in [-0.39, 0.29) is 0 Å². The van der Waals surface area contributed by atoms with Crippen molar-refractivity contribution in [3.8, 4) is 0 Å². The smallest absolute Gasteiger partial charge is 0.282 e. The summed E-state index contributed by atoms with van der Waals surface area (Å²) in [4.78, 5) is 0. The van der Waals surface area contributed by atoms with E-state index in [1.807, 2.05) is 91.0 Å². The molecule has 2 saturated heterocycles. The van der Waals surface area contributed by atoms with E-state index in [2.05, 4.69) is 0 Å². The molecule has 2 fully saturated rings. The van der Waals surface area contributed by atoms with E-state index in [1.165, 1.54) is 0 Å². The first kappa shape index (κ1) is 26.0. The first-order valence-corrected chi connectivity index (χ1v) is 12.6. The zero-order valence-corrected chi connectivity index (χ0v) is 21.2. The molecule has 2 aliphatic rings. The second-order valence-corrected chi connectivity index (χ2v) is 9.33. The van der Waals surface area contributed by atoms with Gasteiger partial charge < -0.3 is 28.4 Å². The largest absolute Gasteiger partial charge is 0.374 e. The molecule has 0 saturated carbocycles. The minimum Gasteiger partial charge on any atom is -0.374 e. The zero-order valence-electron chi connectivity index (χ0n) is 21.2. The molecule has 7 heteroatoms. The lowest BCUT2D eigenvalue weighted by molar-refractivity contribution is -0.334. The van der Waals surface area contributed by atoms with E-state index in [0.29, 0.717) is 26.4 Å². The van der Waals surface area contributed by atoms with Gasteiger partial charge in [-0.25, -0.2) is 0 Å². The molecule has 0 spiro atoms. The van der Waals surface area contributed by atoms with Crippen LogP contribution in [-0.4, -0.2) is 50.4 Å². The van der Waals surface area contributed by atoms with Crippen LogP contribution in [0.3, 0.4) is 0 Å². The van der Waals surface area contributed by atoms with Crippen molar-refractivity contribution in [3.63, 3.8) is 0 Å². The van der Waals surface area contributed by atoms with Crippen molar-refractivity contribution in [1.82, 2.24) is 0 Å². The Kier molecular flexibility index (Phi) is 8.63. The van der Waals surface area contributed by atoms with E-state index in [1.54, 1.807) is 14.0 Å². The lowest BCUT2D eigenvalue weighted by Crippen LogP contribution is -2.59. The number of methoxy groups -OCH3 is 1. The fraction of sp³-hybridized carbons (Fsp3) is 0.400. The van der Waals surface area contributed by atoms with Gasteiger partial charge in [-0.1, -0.05) is 91.0 Å². The minimum atomic E-state index is -1.24. The molecule has 0 aromatic heterocycles. The van der Waals surface area contributed by atoms with E-state index in [0.717, 1.165) is 16.7 Å². The van der Waals surface area contributed by atoms with Crippen LogP contribution in [0.5, 0.6) is 0 Å². The molecular formula is C30H34O7. The Morgan fingerprint density at radius 3 is 1.73 bits per heavy atom. The summed E-state index contributed by atoms with van der Waals surface area (Å²) in [5, 5.41) is 0. The number of fused-ring (bicyclic) bond motifs is 1. The zero-order chi connectivity index (χ0) is 25.5. The van der Waals surface area contributed by atoms with Gasteiger partial charge in [-0.3, -0.25) is 4.74 Å². The predicted molar refractivity (Wildman–Crippen MR) is 136 cm³/mol. The molecule has 0 aliphatic carbocycles. The Labute approximate surface area is 218 Å². The molecular weight excluding hydrogens is 472 g/mol. The lowest BCUT2D eigenvalue weighted by Gasteiger charge is -2.42. The van der Waals surface area contributed by atoms with Gasteiger partial charge in [-0.15, -0.1) is 0 Å². The summed E-state index contributed by atoms with van der Waals surface area (Å²) >= 11 is 0. The number of hydrogen-bond donors (Lipinski definition) is 0. The molecule has 7 nitrogen and oxygen atoms in total. The summed E-state index contributed by atoms with van der Waals surface area (Å²) in [6.45, 7) is 3.28. The molecule has 196 valence electrons. The van der Waals surface area contributed by atoms with Gasteiger partial charge in [-0.2, -0.15) is 0 Å². The fourth-order valence-corrected chi connectivity index (χ4v) is 4.61. The Hall–Kier alpha value is -2.62. The summed E-state index contributed by atoms with van der Waals surface area (Å²) in [5.41, 5.74) is 3.19. The molecule has 5 rings (SSSR count). The molecule has 0 bridgehead atoms. The molecule has 2 aliphatic heterocycles. The van der Waals surface area contributed by atoms with E-state index >= 15 is 0 Å². The fourth-order valence-electron chi connectivity index (χ4n) is 4.61. The van der Waals surface area contributed by atoms with Crippen molar-refractivity contribution in [2.24, 2.45) is 0 Å². The van der Waals surface area contributed by atoms with Crippen molar-refractivity contribution in [2.45, 2.75) is 63.4 Å². The van der Waals surface area contributed by atoms with Gasteiger partial charge >= 0.3 is 0 Å². The average Bonchev–Trinajstić information content (AvgIpc) is 3.29. The minimum absolute atomic E-state index is 0.301. The van der Waals surface area contributed by atoms with Crippen molar-refractivity contribution in [2.75, 3.05) is 13.7 Å². The SMILES string of the molecule is COC1(C)O[C@H]2OC(COCc3ccccc3)[C@H](OCc3ccccc3)C(OCc3ccccc3)[C@@H]2O1. The topological polar surface area (TPSA) is 64.6 Å². The van der Waals surface area contributed by atoms with Gasteiger partial charge in [0.15, 0.2) is 6.29 Å². The molecule has 0 N–H and O–H groups in total. The van der Waals surface area contributed by atoms with Crippen LogP contribution in [0, 0.1) is 0 Å². The second kappa shape index (κ2) is 12.3. The van der Waals surface area contributed by atoms with Gasteiger partial charge in [0.25, 0.3) is 5.97 Å². The third kappa shape index (κ3) is 6.64. The van der Waals surface area contributed by atoms with E-state index < -0.39 is 36.7 Å². The number of hydrogen-bond acceptors (Lipinski definition) is 7. The highest BCUT2D eigenvalue weighted by Gasteiger charge is 2.57. The normalized spacial score (nSPS) is 29.2. The predicted octanol–water partition coefficient (Wildman–Crippen LogP) is 4.83. The van der Waals surface area contributed by atoms with Crippen LogP contribution in [0.15, 0.2) is 91.0 Å². The van der Waals surface area contributed by atoms with Crippen molar-refractivity contribution in [1.29, 1.82) is 0 Å². The quantitative estimate of drug-likeness (QED) is 0.369. The maximum Gasteiger partial charge on any atom is 0.282 e. The van der Waals surface area contributed by atoms with Gasteiger partial charge in [-0.05, 0) is 16.7 Å². The van der Waals surface area contributed by atoms with Crippen LogP contribution in [0.4, 0.5) is 0 Å². The Balaban J connectivity index is 1.36. The monoisotopic (exact) mass is 506 g/mol. The van der Waals surface area contributed by atoms with Crippen molar-refractivity contribution in [3.05, 3.63) is 108 Å². The van der Waals surface area contributed by atoms with Crippen molar-refractivity contribution >= 4 is 0 Å². The summed E-state index contributed by atoms with van der Waals surface area (Å²) in [7, 11) is 1.54. The highest BCUT2D eigenvalue weighted by atomic mass is 16.9. The molecule has 3 aromatic carbocycles. The maximum absolute atomic E-state index is 6.50. The van der Waals surface area contributed by atoms with Gasteiger partial charge in [0.2, 0.25) is 0 Å². The number of rotatable bonds is 11. The molecule has 2 heterocycles. The van der Waals surface area contributed by atoms with Crippen molar-refractivity contribution < 1.29 is 33.2 Å². The Bertz CT molecular complexity index is 1080. The third-order valence-electron chi connectivity index (χ3n) is 6.61. The molecule has 0 amide bonds. The third-order valence-corrected chi connectivity index (χ3v) is 6.61. The van der Waals surface area contributed by atoms with Crippen LogP contribution in [0.25, 0.3) is 0 Å². The second-order valence-electron chi connectivity index (χ2n) is 9.33. The van der Waals surface area contributed by atoms with E-state index in [9.17, 15) is 0 Å². The van der Waals surface area contributed by atoms with Gasteiger partial charge in [0.05, 0.1) is 26.4 Å². The summed E-state index contributed by atoms with van der Waals surface area (Å²) in [6.07, 6.45) is -2.63. The van der Waals surface area contributed by atoms with Gasteiger partial charge in [0.1, 0.15) is 24.4 Å². The molecule has 37 heavy (non-hydrogen) atoms. The van der Waals surface area contributed by atoms with Crippen LogP contribution < -0.4 is 0 Å². The van der Waals surface area contributed by atoms with Crippen LogP contribution >= 0.6 is 0 Å². The summed E-state index contributed by atoms with van der Waals surface area (Å²) < 4.78 is 43.2. The van der Waals surface area contributed by atoms with Crippen LogP contribution in [-0.2, 0) is 53.0 Å². The highest BCUT2D eigenvalue weighted by Crippen LogP contribution is 2.39. The summed E-state index contributed by atoms with van der Waals surface area (Å²) in [6, 6.07) is 30.1. The molecule has 0 radical (unpaired) electrons. The number of ether oxygens (including phenoxy) is 7. The van der Waals surface area contributed by atoms with Crippen LogP contribution in [0.1, 0.15) is 23.6 Å². The molecule has 6 atom stereocenters. The molecule has 3 aromatic rings. The highest BCUT2D eigenvalue weighted by molar-refractivity contribution is 5.15. The summed E-state index contributed by atoms with van der Waals surface area (Å²) in [5.74, 6) is -1.24. The lowest BCUT2D eigenvalue weighted by atomic mass is 9.98. The van der Waals surface area contributed by atoms with E-state index in [4.69, 9.17) is 33.2 Å². The molecule has 3 unspecified atom stereocenters. The first-order valence-electron chi connectivity index (χ1n) is 12.6. The van der Waals surface area contributed by atoms with Gasteiger partial charge in [0, 0.05) is 14.0 Å². The number of benzene rings is 3. The Morgan fingerprint density at radius 2 is 1.19 bits per heavy atom. The van der Waals surface area contributed by atoms with Crippen LogP contribution in [0.2, 0.25) is 0 Å². The first-order chi connectivity index (χ1) is 18.1.